The summed E-state index contributed by atoms with van der Waals surface area (Å²) in [5.74, 6) is 2.11. The Labute approximate surface area is 148 Å². The first kappa shape index (κ1) is 18.6. The van der Waals surface area contributed by atoms with E-state index in [9.17, 15) is 0 Å². The van der Waals surface area contributed by atoms with E-state index in [2.05, 4.69) is 10.1 Å². The first-order chi connectivity index (χ1) is 12.0. The average Bonchev–Trinajstić information content (AvgIpc) is 3.04. The van der Waals surface area contributed by atoms with Crippen LogP contribution in [0.5, 0.6) is 11.5 Å². The molecule has 0 N–H and O–H groups in total. The molecule has 0 saturated heterocycles. The van der Waals surface area contributed by atoms with Gasteiger partial charge in [-0.1, -0.05) is 17.3 Å². The Hall–Kier alpha value is -2.76. The summed E-state index contributed by atoms with van der Waals surface area (Å²) in [5, 5.41) is 3.83. The van der Waals surface area contributed by atoms with Gasteiger partial charge < -0.3 is 18.7 Å². The predicted molar refractivity (Wildman–Crippen MR) is 96.3 cm³/mol. The third-order valence-electron chi connectivity index (χ3n) is 3.51. The van der Waals surface area contributed by atoms with Crippen LogP contribution in [0, 0.1) is 13.8 Å². The van der Waals surface area contributed by atoms with Gasteiger partial charge in [0, 0.05) is 0 Å². The third-order valence-corrected chi connectivity index (χ3v) is 3.51. The molecule has 1 aromatic carbocycles. The van der Waals surface area contributed by atoms with Gasteiger partial charge in [0.05, 0.1) is 0 Å². The summed E-state index contributed by atoms with van der Waals surface area (Å²) in [5.41, 5.74) is 3.27. The molecule has 25 heavy (non-hydrogen) atoms. The Bertz CT molecular complexity index is 740. The van der Waals surface area contributed by atoms with Crippen molar-refractivity contribution in [1.29, 1.82) is 0 Å². The minimum Gasteiger partial charge on any atom is -0.490 e. The smallest absolute Gasteiger partial charge is 0.232 e. The first-order valence-corrected chi connectivity index (χ1v) is 8.05. The van der Waals surface area contributed by atoms with E-state index >= 15 is 0 Å². The van der Waals surface area contributed by atoms with Crippen molar-refractivity contribution >= 4 is 5.71 Å². The highest BCUT2D eigenvalue weighted by Gasteiger charge is 2.11. The van der Waals surface area contributed by atoms with Crippen LogP contribution in [0.25, 0.3) is 0 Å². The molecule has 0 spiro atoms. The molecule has 1 aromatic heterocycles. The lowest BCUT2D eigenvalue weighted by Gasteiger charge is -2.13. The molecule has 0 bridgehead atoms. The van der Waals surface area contributed by atoms with Gasteiger partial charge in [-0.2, -0.15) is 0 Å². The monoisotopic (exact) mass is 344 g/mol. The predicted octanol–water partition coefficient (Wildman–Crippen LogP) is 4.20. The summed E-state index contributed by atoms with van der Waals surface area (Å²) >= 11 is 0. The molecular weight excluding hydrogens is 320 g/mol. The second kappa shape index (κ2) is 8.92. The molecule has 6 nitrogen and oxygen atoms in total. The molecule has 0 radical (unpaired) electrons. The molecule has 6 heteroatoms. The van der Waals surface area contributed by atoms with Crippen LogP contribution >= 0.6 is 0 Å². The maximum absolute atomic E-state index is 5.89. The summed E-state index contributed by atoms with van der Waals surface area (Å²) in [6.45, 7) is 8.53. The summed E-state index contributed by atoms with van der Waals surface area (Å²) in [4.78, 5) is 9.07. The van der Waals surface area contributed by atoms with Crippen molar-refractivity contribution in [2.24, 2.45) is 5.16 Å². The van der Waals surface area contributed by atoms with Crippen molar-refractivity contribution in [2.75, 3.05) is 13.7 Å². The molecular formula is C19H24N2O4. The first-order valence-electron chi connectivity index (χ1n) is 8.05. The standard InChI is InChI=1S/C19H24N2O4/c1-6-7-8-23-16-9-13(2)19(14(3)10-16)25-12-18-20-17(11-24-18)15(4)21-22-5/h6-7,9-11H,8,12H2,1-5H3/b7-6+,21-15+. The van der Waals surface area contributed by atoms with Crippen molar-refractivity contribution in [1.82, 2.24) is 4.98 Å². The fourth-order valence-electron chi connectivity index (χ4n) is 2.32. The number of ether oxygens (including phenoxy) is 2. The van der Waals surface area contributed by atoms with E-state index in [0.29, 0.717) is 23.9 Å². The van der Waals surface area contributed by atoms with Crippen LogP contribution in [0.4, 0.5) is 0 Å². The molecule has 0 fully saturated rings. The molecule has 134 valence electrons. The fraction of sp³-hybridized carbons (Fsp3) is 0.368. The van der Waals surface area contributed by atoms with Gasteiger partial charge >= 0.3 is 0 Å². The normalized spacial score (nSPS) is 11.8. The SMILES string of the molecule is C/C=C/COc1cc(C)c(OCc2nc(/C(C)=N/OC)co2)c(C)c1. The van der Waals surface area contributed by atoms with Gasteiger partial charge in [0.15, 0.2) is 6.61 Å². The Morgan fingerprint density at radius 1 is 1.24 bits per heavy atom. The number of oxime groups is 1. The summed E-state index contributed by atoms with van der Waals surface area (Å²) in [6.07, 6.45) is 5.46. The number of allylic oxidation sites excluding steroid dienone is 1. The van der Waals surface area contributed by atoms with Crippen molar-refractivity contribution in [2.45, 2.75) is 34.3 Å². The van der Waals surface area contributed by atoms with E-state index in [4.69, 9.17) is 18.7 Å². The van der Waals surface area contributed by atoms with Gasteiger partial charge in [0.2, 0.25) is 5.89 Å². The van der Waals surface area contributed by atoms with Crippen LogP contribution < -0.4 is 9.47 Å². The third kappa shape index (κ3) is 5.11. The van der Waals surface area contributed by atoms with Crippen LogP contribution in [0.3, 0.4) is 0 Å². The molecule has 1 heterocycles. The van der Waals surface area contributed by atoms with Crippen LogP contribution in [0.2, 0.25) is 0 Å². The van der Waals surface area contributed by atoms with E-state index in [-0.39, 0.29) is 6.61 Å². The number of rotatable bonds is 8. The highest BCUT2D eigenvalue weighted by atomic mass is 16.6. The van der Waals surface area contributed by atoms with Crippen molar-refractivity contribution in [3.8, 4) is 11.5 Å². The topological polar surface area (TPSA) is 66.1 Å². The van der Waals surface area contributed by atoms with Crippen molar-refractivity contribution < 1.29 is 18.7 Å². The maximum atomic E-state index is 5.89. The van der Waals surface area contributed by atoms with Gasteiger partial charge in [-0.15, -0.1) is 0 Å². The quantitative estimate of drug-likeness (QED) is 0.408. The number of oxazole rings is 1. The van der Waals surface area contributed by atoms with E-state index in [1.54, 1.807) is 6.92 Å². The number of nitrogens with zero attached hydrogens (tertiary/aromatic N) is 2. The lowest BCUT2D eigenvalue weighted by molar-refractivity contribution is 0.213. The van der Waals surface area contributed by atoms with E-state index < -0.39 is 0 Å². The average molecular weight is 344 g/mol. The molecule has 0 atom stereocenters. The number of benzene rings is 1. The highest BCUT2D eigenvalue weighted by Crippen LogP contribution is 2.29. The van der Waals surface area contributed by atoms with Crippen LogP contribution in [0.1, 0.15) is 36.6 Å². The molecule has 0 aliphatic rings. The Kier molecular flexibility index (Phi) is 6.62. The molecule has 2 rings (SSSR count). The molecule has 0 amide bonds. The molecule has 2 aromatic rings. The van der Waals surface area contributed by atoms with Crippen LogP contribution in [0.15, 0.2) is 40.1 Å². The van der Waals surface area contributed by atoms with Gasteiger partial charge in [-0.05, 0) is 51.0 Å². The molecule has 0 saturated carbocycles. The summed E-state index contributed by atoms with van der Waals surface area (Å²) in [7, 11) is 1.49. The second-order valence-electron chi connectivity index (χ2n) is 5.54. The van der Waals surface area contributed by atoms with Gasteiger partial charge in [-0.3, -0.25) is 0 Å². The van der Waals surface area contributed by atoms with Crippen LogP contribution in [-0.4, -0.2) is 24.4 Å². The second-order valence-corrected chi connectivity index (χ2v) is 5.54. The lowest BCUT2D eigenvalue weighted by Crippen LogP contribution is -2.02. The number of aryl methyl sites for hydroxylation is 2. The zero-order valence-corrected chi connectivity index (χ0v) is 15.3. The Morgan fingerprint density at radius 2 is 1.96 bits per heavy atom. The van der Waals surface area contributed by atoms with Gasteiger partial charge in [0.1, 0.15) is 42.9 Å². The Balaban J connectivity index is 2.04. The molecule has 0 aliphatic heterocycles. The highest BCUT2D eigenvalue weighted by molar-refractivity contribution is 5.96. The number of hydrogen-bond donors (Lipinski definition) is 0. The minimum atomic E-state index is 0.237. The van der Waals surface area contributed by atoms with Crippen molar-refractivity contribution in [3.63, 3.8) is 0 Å². The largest absolute Gasteiger partial charge is 0.490 e. The zero-order chi connectivity index (χ0) is 18.2. The summed E-state index contributed by atoms with van der Waals surface area (Å²) in [6, 6.07) is 3.92. The zero-order valence-electron chi connectivity index (χ0n) is 15.3. The molecule has 0 unspecified atom stereocenters. The van der Waals surface area contributed by atoms with Crippen molar-refractivity contribution in [3.05, 3.63) is 53.3 Å². The van der Waals surface area contributed by atoms with Gasteiger partial charge in [0.25, 0.3) is 0 Å². The van der Waals surface area contributed by atoms with E-state index in [1.807, 2.05) is 45.1 Å². The maximum Gasteiger partial charge on any atom is 0.232 e. The van der Waals surface area contributed by atoms with Crippen LogP contribution in [-0.2, 0) is 11.4 Å². The fourth-order valence-corrected chi connectivity index (χ4v) is 2.32. The Morgan fingerprint density at radius 3 is 2.60 bits per heavy atom. The van der Waals surface area contributed by atoms with E-state index in [1.165, 1.54) is 13.4 Å². The number of aromatic nitrogens is 1. The molecule has 0 aliphatic carbocycles. The lowest BCUT2D eigenvalue weighted by atomic mass is 10.1. The van der Waals surface area contributed by atoms with Gasteiger partial charge in [-0.25, -0.2) is 4.98 Å². The summed E-state index contributed by atoms with van der Waals surface area (Å²) < 4.78 is 17.0. The number of hydrogen-bond acceptors (Lipinski definition) is 6. The van der Waals surface area contributed by atoms with E-state index in [0.717, 1.165) is 22.6 Å². The minimum absolute atomic E-state index is 0.237.